The molecule has 5 heteroatoms. The lowest BCUT2D eigenvalue weighted by atomic mass is 9.96. The molecule has 0 amide bonds. The van der Waals surface area contributed by atoms with Gasteiger partial charge >= 0.3 is 5.97 Å². The standard InChI is InChI=1S/C13H16O4S/c1-9-4-3-7-18(15,16)12-8-10(13(14)17-2)5-6-11(9)12/h5-6,8-9H,3-4,7H2,1-2H3. The Kier molecular flexibility index (Phi) is 3.43. The molecule has 0 saturated heterocycles. The molecule has 0 aliphatic carbocycles. The smallest absolute Gasteiger partial charge is 0.337 e. The van der Waals surface area contributed by atoms with E-state index in [1.54, 1.807) is 12.1 Å². The zero-order chi connectivity index (χ0) is 13.3. The van der Waals surface area contributed by atoms with E-state index in [1.807, 2.05) is 6.92 Å². The quantitative estimate of drug-likeness (QED) is 0.732. The molecule has 18 heavy (non-hydrogen) atoms. The summed E-state index contributed by atoms with van der Waals surface area (Å²) in [5.74, 6) is -0.163. The van der Waals surface area contributed by atoms with Crippen molar-refractivity contribution in [3.05, 3.63) is 29.3 Å². The number of carbonyl (C=O) groups excluding carboxylic acids is 1. The molecule has 1 unspecified atom stereocenters. The molecule has 1 aromatic rings. The fraction of sp³-hybridized carbons (Fsp3) is 0.462. The second kappa shape index (κ2) is 4.72. The SMILES string of the molecule is COC(=O)c1ccc2c(c1)S(=O)(=O)CCCC2C. The number of methoxy groups -OCH3 is 1. The molecule has 1 atom stereocenters. The van der Waals surface area contributed by atoms with Crippen molar-refractivity contribution >= 4 is 15.8 Å². The van der Waals surface area contributed by atoms with Crippen LogP contribution in [-0.2, 0) is 14.6 Å². The number of hydrogen-bond acceptors (Lipinski definition) is 4. The maximum Gasteiger partial charge on any atom is 0.337 e. The summed E-state index contributed by atoms with van der Waals surface area (Å²) in [6.07, 6.45) is 1.51. The number of fused-ring (bicyclic) bond motifs is 1. The van der Waals surface area contributed by atoms with Gasteiger partial charge in [0.15, 0.2) is 9.84 Å². The summed E-state index contributed by atoms with van der Waals surface area (Å²) in [5.41, 5.74) is 1.09. The predicted molar refractivity (Wildman–Crippen MR) is 67.5 cm³/mol. The van der Waals surface area contributed by atoms with Gasteiger partial charge in [-0.3, -0.25) is 0 Å². The largest absolute Gasteiger partial charge is 0.465 e. The van der Waals surface area contributed by atoms with E-state index in [1.165, 1.54) is 13.2 Å². The molecular formula is C13H16O4S. The summed E-state index contributed by atoms with van der Waals surface area (Å²) >= 11 is 0. The first-order valence-corrected chi connectivity index (χ1v) is 7.56. The Hall–Kier alpha value is -1.36. The zero-order valence-electron chi connectivity index (χ0n) is 10.5. The number of hydrogen-bond donors (Lipinski definition) is 0. The van der Waals surface area contributed by atoms with Crippen LogP contribution in [0.1, 0.15) is 41.6 Å². The minimum atomic E-state index is -3.28. The third-order valence-electron chi connectivity index (χ3n) is 3.35. The van der Waals surface area contributed by atoms with Crippen LogP contribution in [0.3, 0.4) is 0 Å². The molecule has 0 aromatic heterocycles. The molecular weight excluding hydrogens is 252 g/mol. The zero-order valence-corrected chi connectivity index (χ0v) is 11.3. The van der Waals surface area contributed by atoms with E-state index in [0.29, 0.717) is 6.42 Å². The van der Waals surface area contributed by atoms with Crippen molar-refractivity contribution in [2.45, 2.75) is 30.6 Å². The highest BCUT2D eigenvalue weighted by molar-refractivity contribution is 7.91. The predicted octanol–water partition coefficient (Wildman–Crippen LogP) is 2.14. The molecule has 4 nitrogen and oxygen atoms in total. The second-order valence-corrected chi connectivity index (χ2v) is 6.68. The van der Waals surface area contributed by atoms with E-state index in [9.17, 15) is 13.2 Å². The van der Waals surface area contributed by atoms with Gasteiger partial charge in [0.05, 0.1) is 23.3 Å². The second-order valence-electron chi connectivity index (χ2n) is 4.61. The molecule has 0 N–H and O–H groups in total. The van der Waals surface area contributed by atoms with E-state index in [2.05, 4.69) is 4.74 Å². The molecule has 0 radical (unpaired) electrons. The van der Waals surface area contributed by atoms with E-state index in [-0.39, 0.29) is 22.1 Å². The Morgan fingerprint density at radius 2 is 2.11 bits per heavy atom. The Labute approximate surface area is 107 Å². The Morgan fingerprint density at radius 3 is 2.78 bits per heavy atom. The van der Waals surface area contributed by atoms with Crippen LogP contribution >= 0.6 is 0 Å². The first kappa shape index (κ1) is 13.1. The van der Waals surface area contributed by atoms with Crippen molar-refractivity contribution in [2.75, 3.05) is 12.9 Å². The van der Waals surface area contributed by atoms with Crippen molar-refractivity contribution in [3.63, 3.8) is 0 Å². The molecule has 2 rings (SSSR count). The van der Waals surface area contributed by atoms with Gasteiger partial charge in [-0.1, -0.05) is 13.0 Å². The highest BCUT2D eigenvalue weighted by Crippen LogP contribution is 2.33. The van der Waals surface area contributed by atoms with Crippen molar-refractivity contribution in [3.8, 4) is 0 Å². The molecule has 98 valence electrons. The van der Waals surface area contributed by atoms with Gasteiger partial charge in [0.25, 0.3) is 0 Å². The molecule has 0 spiro atoms. The Bertz CT molecular complexity index is 575. The van der Waals surface area contributed by atoms with Crippen molar-refractivity contribution in [2.24, 2.45) is 0 Å². The molecule has 1 aromatic carbocycles. The highest BCUT2D eigenvalue weighted by Gasteiger charge is 2.26. The number of rotatable bonds is 1. The van der Waals surface area contributed by atoms with E-state index < -0.39 is 15.8 Å². The van der Waals surface area contributed by atoms with Crippen LogP contribution in [0, 0.1) is 0 Å². The number of esters is 1. The third-order valence-corrected chi connectivity index (χ3v) is 5.20. The number of ether oxygens (including phenoxy) is 1. The summed E-state index contributed by atoms with van der Waals surface area (Å²) < 4.78 is 28.9. The maximum absolute atomic E-state index is 12.1. The average Bonchev–Trinajstić information content (AvgIpc) is 2.46. The van der Waals surface area contributed by atoms with Gasteiger partial charge in [-0.15, -0.1) is 0 Å². The molecule has 1 aliphatic heterocycles. The van der Waals surface area contributed by atoms with Gasteiger partial charge in [0.1, 0.15) is 0 Å². The highest BCUT2D eigenvalue weighted by atomic mass is 32.2. The van der Waals surface area contributed by atoms with Crippen LogP contribution in [0.25, 0.3) is 0 Å². The lowest BCUT2D eigenvalue weighted by molar-refractivity contribution is 0.0600. The number of sulfone groups is 1. The van der Waals surface area contributed by atoms with Gasteiger partial charge in [-0.2, -0.15) is 0 Å². The lowest BCUT2D eigenvalue weighted by Crippen LogP contribution is -2.09. The molecule has 0 saturated carbocycles. The summed E-state index contributed by atoms with van der Waals surface area (Å²) in [4.78, 5) is 11.7. The van der Waals surface area contributed by atoms with Crippen molar-refractivity contribution in [1.29, 1.82) is 0 Å². The Balaban J connectivity index is 2.61. The van der Waals surface area contributed by atoms with Crippen LogP contribution in [0.2, 0.25) is 0 Å². The van der Waals surface area contributed by atoms with E-state index >= 15 is 0 Å². The normalized spacial score (nSPS) is 21.8. The molecule has 1 aliphatic rings. The molecule has 0 bridgehead atoms. The first-order chi connectivity index (χ1) is 8.45. The maximum atomic E-state index is 12.1. The summed E-state index contributed by atoms with van der Waals surface area (Å²) in [7, 11) is -2.00. The molecule has 0 fully saturated rings. The Morgan fingerprint density at radius 1 is 1.39 bits per heavy atom. The minimum Gasteiger partial charge on any atom is -0.465 e. The fourth-order valence-corrected chi connectivity index (χ4v) is 4.00. The average molecular weight is 268 g/mol. The van der Waals surface area contributed by atoms with E-state index in [0.717, 1.165) is 12.0 Å². The van der Waals surface area contributed by atoms with Gasteiger partial charge in [0, 0.05) is 0 Å². The van der Waals surface area contributed by atoms with Crippen LogP contribution < -0.4 is 0 Å². The first-order valence-electron chi connectivity index (χ1n) is 5.90. The van der Waals surface area contributed by atoms with Gasteiger partial charge in [-0.25, -0.2) is 13.2 Å². The van der Waals surface area contributed by atoms with Crippen LogP contribution in [-0.4, -0.2) is 27.2 Å². The topological polar surface area (TPSA) is 60.4 Å². The summed E-state index contributed by atoms with van der Waals surface area (Å²) in [5, 5.41) is 0. The number of benzene rings is 1. The van der Waals surface area contributed by atoms with Crippen LogP contribution in [0.4, 0.5) is 0 Å². The summed E-state index contributed by atoms with van der Waals surface area (Å²) in [6.45, 7) is 2.01. The van der Waals surface area contributed by atoms with Gasteiger partial charge in [0.2, 0.25) is 0 Å². The van der Waals surface area contributed by atoms with Crippen LogP contribution in [0.15, 0.2) is 23.1 Å². The monoisotopic (exact) mass is 268 g/mol. The lowest BCUT2D eigenvalue weighted by Gasteiger charge is -2.12. The van der Waals surface area contributed by atoms with E-state index in [4.69, 9.17) is 0 Å². The fourth-order valence-electron chi connectivity index (χ4n) is 2.30. The number of carbonyl (C=O) groups is 1. The molecule has 1 heterocycles. The third kappa shape index (κ3) is 2.27. The van der Waals surface area contributed by atoms with Crippen molar-refractivity contribution < 1.29 is 17.9 Å². The van der Waals surface area contributed by atoms with Crippen molar-refractivity contribution in [1.82, 2.24) is 0 Å². The minimum absolute atomic E-state index is 0.148. The van der Waals surface area contributed by atoms with Gasteiger partial charge < -0.3 is 4.74 Å². The van der Waals surface area contributed by atoms with Crippen LogP contribution in [0.5, 0.6) is 0 Å². The van der Waals surface area contributed by atoms with Gasteiger partial charge in [-0.05, 0) is 36.5 Å². The summed E-state index contributed by atoms with van der Waals surface area (Å²) in [6, 6.07) is 4.80.